The third-order valence-corrected chi connectivity index (χ3v) is 8.62. The van der Waals surface area contributed by atoms with Crippen molar-refractivity contribution in [1.82, 2.24) is 5.32 Å². The Kier molecular flexibility index (Phi) is 7.64. The average molecular weight is 416 g/mol. The lowest BCUT2D eigenvalue weighted by atomic mass is 9.98. The van der Waals surface area contributed by atoms with E-state index < -0.39 is 8.07 Å². The number of benzene rings is 3. The Labute approximate surface area is 182 Å². The summed E-state index contributed by atoms with van der Waals surface area (Å²) in [6.45, 7) is 6.86. The number of aryl methyl sites for hydroxylation is 1. The highest BCUT2D eigenvalue weighted by Gasteiger charge is 2.23. The zero-order valence-corrected chi connectivity index (χ0v) is 19.4. The lowest BCUT2D eigenvalue weighted by molar-refractivity contribution is -0.121. The Balaban J connectivity index is 1.62. The summed E-state index contributed by atoms with van der Waals surface area (Å²) < 4.78 is 0. The summed E-state index contributed by atoms with van der Waals surface area (Å²) in [5.74, 6) is 0.157. The molecule has 0 spiro atoms. The van der Waals surface area contributed by atoms with Crippen molar-refractivity contribution < 1.29 is 4.79 Å². The normalized spacial score (nSPS) is 12.4. The van der Waals surface area contributed by atoms with Gasteiger partial charge in [-0.25, -0.2) is 0 Å². The van der Waals surface area contributed by atoms with Gasteiger partial charge in [-0.15, -0.1) is 0 Å². The molecule has 0 bridgehead atoms. The van der Waals surface area contributed by atoms with Crippen LogP contribution in [-0.4, -0.2) is 14.0 Å². The van der Waals surface area contributed by atoms with Crippen LogP contribution in [0, 0.1) is 6.92 Å². The Bertz CT molecular complexity index is 920. The number of carbonyl (C=O) groups excluding carboxylic acids is 1. The van der Waals surface area contributed by atoms with Crippen LogP contribution in [0.25, 0.3) is 0 Å². The SMILES string of the molecule is Cc1ccc(CC(NC(=O)CC[Si](C)(C)Cc2ccccc2)c2ccccc2)cc1. The van der Waals surface area contributed by atoms with Crippen molar-refractivity contribution in [1.29, 1.82) is 0 Å². The largest absolute Gasteiger partial charge is 0.349 e. The molecule has 0 aromatic heterocycles. The molecule has 1 unspecified atom stereocenters. The van der Waals surface area contributed by atoms with Crippen LogP contribution in [0.3, 0.4) is 0 Å². The topological polar surface area (TPSA) is 29.1 Å². The minimum atomic E-state index is -1.48. The van der Waals surface area contributed by atoms with Gasteiger partial charge in [-0.2, -0.15) is 0 Å². The maximum Gasteiger partial charge on any atom is 0.220 e. The minimum absolute atomic E-state index is 0.000286. The van der Waals surface area contributed by atoms with Crippen LogP contribution in [0.5, 0.6) is 0 Å². The molecule has 0 saturated carbocycles. The highest BCUT2D eigenvalue weighted by atomic mass is 28.3. The molecule has 1 atom stereocenters. The van der Waals surface area contributed by atoms with Crippen molar-refractivity contribution in [2.75, 3.05) is 0 Å². The van der Waals surface area contributed by atoms with Gasteiger partial charge in [-0.3, -0.25) is 4.79 Å². The zero-order valence-electron chi connectivity index (χ0n) is 18.4. The lowest BCUT2D eigenvalue weighted by Crippen LogP contribution is -2.34. The van der Waals surface area contributed by atoms with Gasteiger partial charge < -0.3 is 5.32 Å². The van der Waals surface area contributed by atoms with Crippen LogP contribution in [0.4, 0.5) is 0 Å². The molecular formula is C27H33NOSi. The fraction of sp³-hybridized carbons (Fsp3) is 0.296. The summed E-state index contributed by atoms with van der Waals surface area (Å²) in [5.41, 5.74) is 5.04. The first-order valence-corrected chi connectivity index (χ1v) is 14.3. The third-order valence-electron chi connectivity index (χ3n) is 5.65. The molecule has 0 radical (unpaired) electrons. The van der Waals surface area contributed by atoms with Crippen LogP contribution >= 0.6 is 0 Å². The summed E-state index contributed by atoms with van der Waals surface area (Å²) in [4.78, 5) is 12.9. The predicted molar refractivity (Wildman–Crippen MR) is 129 cm³/mol. The van der Waals surface area contributed by atoms with Crippen molar-refractivity contribution in [3.05, 3.63) is 107 Å². The van der Waals surface area contributed by atoms with Gasteiger partial charge in [0, 0.05) is 6.42 Å². The molecule has 0 aliphatic rings. The number of amides is 1. The fourth-order valence-corrected chi connectivity index (χ4v) is 6.27. The van der Waals surface area contributed by atoms with Gasteiger partial charge in [-0.1, -0.05) is 109 Å². The Morgan fingerprint density at radius 3 is 2.07 bits per heavy atom. The molecule has 3 rings (SSSR count). The summed E-state index contributed by atoms with van der Waals surface area (Å²) in [7, 11) is -1.48. The molecule has 1 N–H and O–H groups in total. The van der Waals surface area contributed by atoms with E-state index in [-0.39, 0.29) is 11.9 Å². The van der Waals surface area contributed by atoms with E-state index in [1.807, 2.05) is 18.2 Å². The van der Waals surface area contributed by atoms with Crippen molar-refractivity contribution in [2.45, 2.75) is 51.0 Å². The quantitative estimate of drug-likeness (QED) is 0.410. The van der Waals surface area contributed by atoms with E-state index in [9.17, 15) is 4.79 Å². The van der Waals surface area contributed by atoms with E-state index >= 15 is 0 Å². The predicted octanol–water partition coefficient (Wildman–Crippen LogP) is 6.28. The van der Waals surface area contributed by atoms with Crippen molar-refractivity contribution in [2.24, 2.45) is 0 Å². The van der Waals surface area contributed by atoms with E-state index in [2.05, 4.69) is 92.1 Å². The molecule has 30 heavy (non-hydrogen) atoms. The summed E-state index contributed by atoms with van der Waals surface area (Å²) in [5, 5.41) is 3.32. The van der Waals surface area contributed by atoms with Crippen molar-refractivity contribution >= 4 is 14.0 Å². The monoisotopic (exact) mass is 415 g/mol. The molecule has 3 aromatic rings. The van der Waals surface area contributed by atoms with Gasteiger partial charge in [-0.05, 0) is 36.6 Å². The molecule has 1 amide bonds. The number of nitrogens with one attached hydrogen (secondary N) is 1. The molecule has 3 aromatic carbocycles. The van der Waals surface area contributed by atoms with Gasteiger partial charge in [0.1, 0.15) is 0 Å². The first-order chi connectivity index (χ1) is 14.4. The van der Waals surface area contributed by atoms with Crippen LogP contribution in [0.1, 0.15) is 34.7 Å². The lowest BCUT2D eigenvalue weighted by Gasteiger charge is -2.24. The number of carbonyl (C=O) groups is 1. The van der Waals surface area contributed by atoms with Crippen LogP contribution in [-0.2, 0) is 17.3 Å². The standard InChI is InChI=1S/C27H33NOSi/c1-22-14-16-23(17-15-22)20-26(25-12-8-5-9-13-25)28-27(29)18-19-30(2,3)21-24-10-6-4-7-11-24/h4-17,26H,18-21H2,1-3H3,(H,28,29). The number of rotatable bonds is 9. The van der Waals surface area contributed by atoms with Gasteiger partial charge in [0.05, 0.1) is 14.1 Å². The Morgan fingerprint density at radius 1 is 0.833 bits per heavy atom. The summed E-state index contributed by atoms with van der Waals surface area (Å²) in [6.07, 6.45) is 1.41. The maximum absolute atomic E-state index is 12.9. The second-order valence-electron chi connectivity index (χ2n) is 9.05. The Hall–Kier alpha value is -2.65. The Morgan fingerprint density at radius 2 is 1.43 bits per heavy atom. The first kappa shape index (κ1) is 22.0. The van der Waals surface area contributed by atoms with E-state index in [1.165, 1.54) is 16.7 Å². The second-order valence-corrected chi connectivity index (χ2v) is 14.2. The first-order valence-electron chi connectivity index (χ1n) is 10.9. The molecule has 156 valence electrons. The summed E-state index contributed by atoms with van der Waals surface area (Å²) in [6, 6.07) is 31.7. The van der Waals surface area contributed by atoms with Gasteiger partial charge in [0.25, 0.3) is 0 Å². The minimum Gasteiger partial charge on any atom is -0.349 e. The fourth-order valence-electron chi connectivity index (χ4n) is 3.85. The highest BCUT2D eigenvalue weighted by molar-refractivity contribution is 6.77. The third kappa shape index (κ3) is 6.99. The molecule has 3 heteroatoms. The van der Waals surface area contributed by atoms with Crippen molar-refractivity contribution in [3.8, 4) is 0 Å². The van der Waals surface area contributed by atoms with E-state index in [0.717, 1.165) is 24.1 Å². The molecule has 0 saturated heterocycles. The second kappa shape index (κ2) is 10.4. The molecule has 0 aliphatic heterocycles. The zero-order chi connectivity index (χ0) is 21.4. The van der Waals surface area contributed by atoms with Crippen LogP contribution in [0.15, 0.2) is 84.9 Å². The van der Waals surface area contributed by atoms with E-state index in [1.54, 1.807) is 0 Å². The molecular weight excluding hydrogens is 382 g/mol. The average Bonchev–Trinajstić information content (AvgIpc) is 2.74. The maximum atomic E-state index is 12.9. The highest BCUT2D eigenvalue weighted by Crippen LogP contribution is 2.21. The summed E-state index contributed by atoms with van der Waals surface area (Å²) >= 11 is 0. The molecule has 2 nitrogen and oxygen atoms in total. The van der Waals surface area contributed by atoms with E-state index in [0.29, 0.717) is 6.42 Å². The van der Waals surface area contributed by atoms with Crippen molar-refractivity contribution in [3.63, 3.8) is 0 Å². The number of hydrogen-bond donors (Lipinski definition) is 1. The molecule has 0 fully saturated rings. The van der Waals surface area contributed by atoms with Gasteiger partial charge in [0.15, 0.2) is 0 Å². The van der Waals surface area contributed by atoms with Crippen LogP contribution in [0.2, 0.25) is 19.1 Å². The number of hydrogen-bond acceptors (Lipinski definition) is 1. The smallest absolute Gasteiger partial charge is 0.220 e. The molecule has 0 aliphatic carbocycles. The molecule has 0 heterocycles. The van der Waals surface area contributed by atoms with Gasteiger partial charge in [0.2, 0.25) is 5.91 Å². The van der Waals surface area contributed by atoms with Crippen LogP contribution < -0.4 is 5.32 Å². The van der Waals surface area contributed by atoms with Gasteiger partial charge >= 0.3 is 0 Å². The van der Waals surface area contributed by atoms with E-state index in [4.69, 9.17) is 0 Å².